The molecule has 1 aromatic heterocycles. The topological polar surface area (TPSA) is 78.4 Å². The number of benzene rings is 1. The van der Waals surface area contributed by atoms with Crippen LogP contribution in [0.4, 0.5) is 18.9 Å². The van der Waals surface area contributed by atoms with Gasteiger partial charge in [-0.25, -0.2) is 0 Å². The molecule has 1 aliphatic rings. The molecule has 0 radical (unpaired) electrons. The second-order valence-corrected chi connectivity index (χ2v) is 6.88. The van der Waals surface area contributed by atoms with Crippen molar-refractivity contribution in [2.75, 3.05) is 38.2 Å². The average molecular weight is 409 g/mol. The fourth-order valence-corrected chi connectivity index (χ4v) is 3.24. The molecule has 1 aromatic carbocycles. The van der Waals surface area contributed by atoms with Crippen LogP contribution in [-0.2, 0) is 17.5 Å². The molecular weight excluding hydrogens is 387 g/mol. The monoisotopic (exact) mass is 409 g/mol. The molecule has 156 valence electrons. The summed E-state index contributed by atoms with van der Waals surface area (Å²) in [5.74, 6) is 0.964. The van der Waals surface area contributed by atoms with Gasteiger partial charge in [-0.05, 0) is 31.5 Å². The average Bonchev–Trinajstić information content (AvgIpc) is 3.04. The van der Waals surface area contributed by atoms with Gasteiger partial charge in [-0.1, -0.05) is 5.16 Å². The van der Waals surface area contributed by atoms with Crippen LogP contribution in [-0.4, -0.2) is 48.3 Å². The van der Waals surface area contributed by atoms with Crippen molar-refractivity contribution in [3.63, 3.8) is 0 Å². The Balaban J connectivity index is 1.67. The minimum atomic E-state index is -4.56. The van der Waals surface area contributed by atoms with E-state index in [4.69, 9.17) is 14.5 Å². The van der Waals surface area contributed by atoms with Crippen molar-refractivity contribution in [3.05, 3.63) is 41.0 Å². The van der Waals surface area contributed by atoms with Gasteiger partial charge in [0.2, 0.25) is 5.89 Å². The normalized spacial score (nSPS) is 17.0. The minimum Gasteiger partial charge on any atom is -0.374 e. The highest BCUT2D eigenvalue weighted by molar-refractivity contribution is 5.55. The van der Waals surface area contributed by atoms with Crippen molar-refractivity contribution >= 4 is 5.69 Å². The van der Waals surface area contributed by atoms with Crippen LogP contribution in [0.5, 0.6) is 0 Å². The molecule has 1 fully saturated rings. The molecule has 1 unspecified atom stereocenters. The number of hydrogen-bond acceptors (Lipinski definition) is 7. The van der Waals surface area contributed by atoms with Crippen molar-refractivity contribution in [3.8, 4) is 6.07 Å². The van der Waals surface area contributed by atoms with Gasteiger partial charge in [0.05, 0.1) is 23.7 Å². The summed E-state index contributed by atoms with van der Waals surface area (Å²) in [7, 11) is 1.57. The lowest BCUT2D eigenvalue weighted by atomic mass is 10.1. The lowest BCUT2D eigenvalue weighted by molar-refractivity contribution is -0.137. The van der Waals surface area contributed by atoms with E-state index >= 15 is 0 Å². The zero-order valence-electron chi connectivity index (χ0n) is 16.2. The highest BCUT2D eigenvalue weighted by Gasteiger charge is 2.34. The van der Waals surface area contributed by atoms with Gasteiger partial charge in [0, 0.05) is 39.0 Å². The highest BCUT2D eigenvalue weighted by Crippen LogP contribution is 2.34. The van der Waals surface area contributed by atoms with Gasteiger partial charge in [-0.3, -0.25) is 4.90 Å². The number of methoxy groups -OCH3 is 1. The molecule has 0 saturated carbocycles. The molecular formula is C19H22F3N5O2. The SMILES string of the molecule is COC(C)c1noc(CN2CCCN(c3ccc(C#N)c(C(F)(F)F)c3)CC2)n1. The van der Waals surface area contributed by atoms with Gasteiger partial charge in [-0.15, -0.1) is 0 Å². The molecule has 0 amide bonds. The number of halogens is 3. The van der Waals surface area contributed by atoms with E-state index < -0.39 is 11.7 Å². The second kappa shape index (κ2) is 8.80. The first kappa shape index (κ1) is 21.1. The van der Waals surface area contributed by atoms with E-state index in [0.717, 1.165) is 19.0 Å². The third-order valence-electron chi connectivity index (χ3n) is 4.94. The zero-order valence-corrected chi connectivity index (χ0v) is 16.2. The molecule has 0 N–H and O–H groups in total. The van der Waals surface area contributed by atoms with Crippen molar-refractivity contribution in [1.29, 1.82) is 5.26 Å². The number of ether oxygens (including phenoxy) is 1. The summed E-state index contributed by atoms with van der Waals surface area (Å²) >= 11 is 0. The number of hydrogen-bond donors (Lipinski definition) is 0. The van der Waals surface area contributed by atoms with Crippen LogP contribution in [0, 0.1) is 11.3 Å². The van der Waals surface area contributed by atoms with Crippen molar-refractivity contribution in [2.45, 2.75) is 32.2 Å². The zero-order chi connectivity index (χ0) is 21.0. The van der Waals surface area contributed by atoms with Crippen LogP contribution in [0.2, 0.25) is 0 Å². The third-order valence-corrected chi connectivity index (χ3v) is 4.94. The van der Waals surface area contributed by atoms with Gasteiger partial charge in [0.25, 0.3) is 0 Å². The molecule has 1 aliphatic heterocycles. The quantitative estimate of drug-likeness (QED) is 0.749. The van der Waals surface area contributed by atoms with Gasteiger partial charge in [0.15, 0.2) is 5.82 Å². The van der Waals surface area contributed by atoms with Crippen molar-refractivity contribution in [2.24, 2.45) is 0 Å². The summed E-state index contributed by atoms with van der Waals surface area (Å²) in [5.41, 5.74) is -0.799. The Morgan fingerprint density at radius 1 is 1.28 bits per heavy atom. The van der Waals surface area contributed by atoms with E-state index in [1.54, 1.807) is 19.2 Å². The fraction of sp³-hybridized carbons (Fsp3) is 0.526. The summed E-state index contributed by atoms with van der Waals surface area (Å²) in [4.78, 5) is 8.36. The Kier molecular flexibility index (Phi) is 6.39. The predicted octanol–water partition coefficient (Wildman–Crippen LogP) is 3.38. The van der Waals surface area contributed by atoms with Crippen LogP contribution >= 0.6 is 0 Å². The molecule has 29 heavy (non-hydrogen) atoms. The molecule has 2 heterocycles. The fourth-order valence-electron chi connectivity index (χ4n) is 3.24. The molecule has 10 heteroatoms. The number of anilines is 1. The van der Waals surface area contributed by atoms with Crippen molar-refractivity contribution < 1.29 is 22.4 Å². The van der Waals surface area contributed by atoms with Crippen molar-refractivity contribution in [1.82, 2.24) is 15.0 Å². The van der Waals surface area contributed by atoms with Gasteiger partial charge in [-0.2, -0.15) is 23.4 Å². The first-order valence-electron chi connectivity index (χ1n) is 9.25. The van der Waals surface area contributed by atoms with E-state index in [1.165, 1.54) is 6.07 Å². The Morgan fingerprint density at radius 3 is 2.76 bits per heavy atom. The molecule has 1 atom stereocenters. The van der Waals surface area contributed by atoms with E-state index in [9.17, 15) is 13.2 Å². The van der Waals surface area contributed by atoms with E-state index in [0.29, 0.717) is 43.6 Å². The smallest absolute Gasteiger partial charge is 0.374 e. The number of alkyl halides is 3. The number of nitrogens with zero attached hydrogens (tertiary/aromatic N) is 5. The number of rotatable bonds is 5. The standard InChI is InChI=1S/C19H22F3N5O2/c1-13(28-2)18-24-17(29-25-18)12-26-6-3-7-27(9-8-26)15-5-4-14(11-23)16(10-15)19(20,21)22/h4-5,10,13H,3,6-9,12H2,1-2H3. The molecule has 0 bridgehead atoms. The van der Waals surface area contributed by atoms with E-state index in [1.807, 2.05) is 11.8 Å². The molecule has 0 spiro atoms. The molecule has 1 saturated heterocycles. The van der Waals surface area contributed by atoms with Gasteiger partial charge in [0.1, 0.15) is 6.10 Å². The van der Waals surface area contributed by atoms with Crippen LogP contribution < -0.4 is 4.90 Å². The molecule has 0 aliphatic carbocycles. The second-order valence-electron chi connectivity index (χ2n) is 6.88. The molecule has 7 nitrogen and oxygen atoms in total. The third kappa shape index (κ3) is 5.05. The summed E-state index contributed by atoms with van der Waals surface area (Å²) in [6.07, 6.45) is -4.04. The van der Waals surface area contributed by atoms with Gasteiger partial charge < -0.3 is 14.2 Å². The summed E-state index contributed by atoms with van der Waals surface area (Å²) < 4.78 is 50.2. The molecule has 3 rings (SSSR count). The predicted molar refractivity (Wildman–Crippen MR) is 98.0 cm³/mol. The lowest BCUT2D eigenvalue weighted by Gasteiger charge is -2.24. The summed E-state index contributed by atoms with van der Waals surface area (Å²) in [6.45, 7) is 4.87. The Morgan fingerprint density at radius 2 is 2.07 bits per heavy atom. The van der Waals surface area contributed by atoms with Crippen LogP contribution in [0.3, 0.4) is 0 Å². The van der Waals surface area contributed by atoms with E-state index in [-0.39, 0.29) is 11.7 Å². The first-order chi connectivity index (χ1) is 13.8. The Hall–Kier alpha value is -2.64. The van der Waals surface area contributed by atoms with Crippen LogP contribution in [0.1, 0.15) is 42.3 Å². The highest BCUT2D eigenvalue weighted by atomic mass is 19.4. The summed E-state index contributed by atoms with van der Waals surface area (Å²) in [5, 5.41) is 12.9. The minimum absolute atomic E-state index is 0.258. The molecule has 2 aromatic rings. The van der Waals surface area contributed by atoms with Crippen LogP contribution in [0.25, 0.3) is 0 Å². The van der Waals surface area contributed by atoms with E-state index in [2.05, 4.69) is 15.0 Å². The maximum Gasteiger partial charge on any atom is 0.417 e. The maximum absolute atomic E-state index is 13.2. The number of nitriles is 1. The maximum atomic E-state index is 13.2. The Labute approximate surface area is 166 Å². The van der Waals surface area contributed by atoms with Gasteiger partial charge >= 0.3 is 6.18 Å². The first-order valence-corrected chi connectivity index (χ1v) is 9.25. The van der Waals surface area contributed by atoms with Crippen LogP contribution in [0.15, 0.2) is 22.7 Å². The lowest BCUT2D eigenvalue weighted by Crippen LogP contribution is -2.30. The Bertz CT molecular complexity index is 877. The largest absolute Gasteiger partial charge is 0.417 e. The summed E-state index contributed by atoms with van der Waals surface area (Å²) in [6, 6.07) is 5.48. The number of aromatic nitrogens is 2.